The Kier molecular flexibility index (Phi) is 6.00. The summed E-state index contributed by atoms with van der Waals surface area (Å²) in [6.45, 7) is 4.11. The average molecular weight is 257 g/mol. The summed E-state index contributed by atoms with van der Waals surface area (Å²) < 4.78 is 7.49. The second-order valence-electron chi connectivity index (χ2n) is 2.05. The fourth-order valence-corrected chi connectivity index (χ4v) is 0.563. The zero-order chi connectivity index (χ0) is 7.98. The zero-order valence-corrected chi connectivity index (χ0v) is 8.34. The van der Waals surface area contributed by atoms with E-state index in [0.29, 0.717) is 6.73 Å². The van der Waals surface area contributed by atoms with E-state index >= 15 is 0 Å². The summed E-state index contributed by atoms with van der Waals surface area (Å²) in [5, 5.41) is 0. The number of carbonyl (C=O) groups excluding carboxylic acids is 1. The summed E-state index contributed by atoms with van der Waals surface area (Å²) in [5.41, 5.74) is 0. The smallest absolute Gasteiger partial charge is 0.309 e. The SMILES string of the molecule is CCC(C)C(=O)OCNI. The van der Waals surface area contributed by atoms with Crippen molar-refractivity contribution in [2.24, 2.45) is 5.92 Å². The molecule has 60 valence electrons. The molecule has 1 unspecified atom stereocenters. The minimum Gasteiger partial charge on any atom is -0.449 e. The molecule has 1 N–H and O–H groups in total. The molecule has 0 spiro atoms. The van der Waals surface area contributed by atoms with Gasteiger partial charge in [0.1, 0.15) is 0 Å². The van der Waals surface area contributed by atoms with Crippen LogP contribution in [0.5, 0.6) is 0 Å². The van der Waals surface area contributed by atoms with Gasteiger partial charge in [0.2, 0.25) is 0 Å². The first-order valence-corrected chi connectivity index (χ1v) is 4.30. The molecule has 0 amide bonds. The van der Waals surface area contributed by atoms with Crippen LogP contribution in [-0.4, -0.2) is 12.7 Å². The third-order valence-electron chi connectivity index (χ3n) is 1.28. The summed E-state index contributed by atoms with van der Waals surface area (Å²) in [5.74, 6) is -0.114. The van der Waals surface area contributed by atoms with Crippen LogP contribution in [0.1, 0.15) is 20.3 Å². The Balaban J connectivity index is 3.42. The molecule has 0 aliphatic rings. The Morgan fingerprint density at radius 2 is 2.40 bits per heavy atom. The Hall–Kier alpha value is 0.160. The highest BCUT2D eigenvalue weighted by atomic mass is 127. The average Bonchev–Trinajstić information content (AvgIpc) is 1.98. The molecule has 0 heterocycles. The highest BCUT2D eigenvalue weighted by molar-refractivity contribution is 14.1. The highest BCUT2D eigenvalue weighted by Crippen LogP contribution is 2.02. The van der Waals surface area contributed by atoms with Gasteiger partial charge in [0.05, 0.1) is 5.92 Å². The predicted molar refractivity (Wildman–Crippen MR) is 47.6 cm³/mol. The van der Waals surface area contributed by atoms with Crippen molar-refractivity contribution in [3.8, 4) is 0 Å². The molecule has 0 saturated carbocycles. The standard InChI is InChI=1S/C6H12INO2/c1-3-5(2)6(9)10-4-8-7/h5,8H,3-4H2,1-2H3. The van der Waals surface area contributed by atoms with Crippen LogP contribution in [0.15, 0.2) is 0 Å². The third-order valence-corrected chi connectivity index (χ3v) is 1.60. The van der Waals surface area contributed by atoms with Crippen molar-refractivity contribution >= 4 is 28.8 Å². The maximum atomic E-state index is 10.9. The number of rotatable bonds is 4. The molecule has 0 aromatic carbocycles. The molecule has 10 heavy (non-hydrogen) atoms. The minimum absolute atomic E-state index is 0.0183. The Bertz CT molecular complexity index is 108. The number of ether oxygens (including phenoxy) is 1. The van der Waals surface area contributed by atoms with Gasteiger partial charge in [0.15, 0.2) is 6.73 Å². The molecule has 0 aliphatic carbocycles. The van der Waals surface area contributed by atoms with E-state index in [1.165, 1.54) is 0 Å². The molecule has 0 fully saturated rings. The largest absolute Gasteiger partial charge is 0.449 e. The van der Waals surface area contributed by atoms with Crippen molar-refractivity contribution in [1.29, 1.82) is 0 Å². The van der Waals surface area contributed by atoms with Crippen molar-refractivity contribution in [2.75, 3.05) is 6.73 Å². The predicted octanol–water partition coefficient (Wildman–Crippen LogP) is 1.47. The number of hydrogen-bond acceptors (Lipinski definition) is 3. The molecule has 0 aromatic heterocycles. The van der Waals surface area contributed by atoms with Crippen molar-refractivity contribution in [1.82, 2.24) is 3.53 Å². The Morgan fingerprint density at radius 3 is 2.80 bits per heavy atom. The van der Waals surface area contributed by atoms with E-state index in [1.807, 2.05) is 36.7 Å². The van der Waals surface area contributed by atoms with Crippen LogP contribution in [0.2, 0.25) is 0 Å². The quantitative estimate of drug-likeness (QED) is 0.359. The van der Waals surface area contributed by atoms with Crippen LogP contribution in [-0.2, 0) is 9.53 Å². The number of hydrogen-bond donors (Lipinski definition) is 1. The molecular weight excluding hydrogens is 245 g/mol. The normalized spacial score (nSPS) is 12.7. The van der Waals surface area contributed by atoms with E-state index in [2.05, 4.69) is 3.53 Å². The molecule has 0 radical (unpaired) electrons. The maximum Gasteiger partial charge on any atom is 0.309 e. The second-order valence-corrected chi connectivity index (χ2v) is 2.81. The summed E-state index contributed by atoms with van der Waals surface area (Å²) in [7, 11) is 0. The molecule has 0 saturated heterocycles. The van der Waals surface area contributed by atoms with Gasteiger partial charge in [-0.15, -0.1) is 0 Å². The number of nitrogens with one attached hydrogen (secondary N) is 1. The van der Waals surface area contributed by atoms with E-state index in [0.717, 1.165) is 6.42 Å². The number of halogens is 1. The third kappa shape index (κ3) is 4.05. The van der Waals surface area contributed by atoms with E-state index in [-0.39, 0.29) is 11.9 Å². The molecule has 0 bridgehead atoms. The van der Waals surface area contributed by atoms with Gasteiger partial charge in [-0.3, -0.25) is 4.79 Å². The van der Waals surface area contributed by atoms with Crippen molar-refractivity contribution in [3.05, 3.63) is 0 Å². The van der Waals surface area contributed by atoms with Gasteiger partial charge >= 0.3 is 5.97 Å². The summed E-state index contributed by atoms with van der Waals surface area (Å²) in [4.78, 5) is 10.9. The van der Waals surface area contributed by atoms with E-state index < -0.39 is 0 Å². The molecule has 1 atom stereocenters. The first-order chi connectivity index (χ1) is 4.72. The fourth-order valence-electron chi connectivity index (χ4n) is 0.407. The molecule has 4 heteroatoms. The van der Waals surface area contributed by atoms with Crippen molar-refractivity contribution in [2.45, 2.75) is 20.3 Å². The van der Waals surface area contributed by atoms with Crippen LogP contribution in [0, 0.1) is 5.92 Å². The second kappa shape index (κ2) is 5.91. The molecule has 3 nitrogen and oxygen atoms in total. The van der Waals surface area contributed by atoms with Gasteiger partial charge in [-0.2, -0.15) is 0 Å². The van der Waals surface area contributed by atoms with E-state index in [1.54, 1.807) is 0 Å². The lowest BCUT2D eigenvalue weighted by molar-refractivity contribution is -0.148. The van der Waals surface area contributed by atoms with Gasteiger partial charge in [-0.05, 0) is 6.42 Å². The van der Waals surface area contributed by atoms with Crippen LogP contribution >= 0.6 is 22.9 Å². The van der Waals surface area contributed by atoms with Crippen molar-refractivity contribution in [3.63, 3.8) is 0 Å². The van der Waals surface area contributed by atoms with E-state index in [4.69, 9.17) is 4.74 Å². The van der Waals surface area contributed by atoms with Crippen LogP contribution in [0.3, 0.4) is 0 Å². The van der Waals surface area contributed by atoms with Gasteiger partial charge in [0.25, 0.3) is 0 Å². The molecule has 0 aromatic rings. The number of esters is 1. The van der Waals surface area contributed by atoms with Crippen LogP contribution in [0.4, 0.5) is 0 Å². The number of carbonyl (C=O) groups is 1. The van der Waals surface area contributed by atoms with Gasteiger partial charge in [-0.25, -0.2) is 3.53 Å². The Labute approximate surface area is 75.0 Å². The van der Waals surface area contributed by atoms with Gasteiger partial charge in [0, 0.05) is 22.9 Å². The lowest BCUT2D eigenvalue weighted by Crippen LogP contribution is -2.18. The van der Waals surface area contributed by atoms with Crippen LogP contribution < -0.4 is 3.53 Å². The molecule has 0 aliphatic heterocycles. The van der Waals surface area contributed by atoms with Gasteiger partial charge < -0.3 is 4.74 Å². The summed E-state index contributed by atoms with van der Waals surface area (Å²) >= 11 is 1.93. The highest BCUT2D eigenvalue weighted by Gasteiger charge is 2.10. The summed E-state index contributed by atoms with van der Waals surface area (Å²) in [6, 6.07) is 0. The first-order valence-electron chi connectivity index (χ1n) is 3.22. The molecule has 0 rings (SSSR count). The minimum atomic E-state index is -0.133. The topological polar surface area (TPSA) is 38.3 Å². The van der Waals surface area contributed by atoms with Gasteiger partial charge in [-0.1, -0.05) is 13.8 Å². The zero-order valence-electron chi connectivity index (χ0n) is 6.19. The van der Waals surface area contributed by atoms with Crippen LogP contribution in [0.25, 0.3) is 0 Å². The molecular formula is C6H12INO2. The fraction of sp³-hybridized carbons (Fsp3) is 0.833. The van der Waals surface area contributed by atoms with Crippen molar-refractivity contribution < 1.29 is 9.53 Å². The maximum absolute atomic E-state index is 10.9. The monoisotopic (exact) mass is 257 g/mol. The Morgan fingerprint density at radius 1 is 1.80 bits per heavy atom. The lowest BCUT2D eigenvalue weighted by atomic mass is 10.1. The van der Waals surface area contributed by atoms with E-state index in [9.17, 15) is 4.79 Å². The first kappa shape index (κ1) is 10.2. The summed E-state index contributed by atoms with van der Waals surface area (Å²) in [6.07, 6.45) is 0.833. The lowest BCUT2D eigenvalue weighted by Gasteiger charge is -2.06.